The maximum Gasteiger partial charge on any atom is 0.242 e. The third-order valence-electron chi connectivity index (χ3n) is 3.13. The van der Waals surface area contributed by atoms with Crippen LogP contribution in [0, 0.1) is 0 Å². The first-order valence-electron chi connectivity index (χ1n) is 7.18. The third-order valence-corrected chi connectivity index (χ3v) is 6.71. The topological polar surface area (TPSA) is 70.9 Å². The van der Waals surface area contributed by atoms with Crippen LogP contribution in [0.1, 0.15) is 25.8 Å². The minimum absolute atomic E-state index is 0.0659. The Balaban J connectivity index is 1.96. The van der Waals surface area contributed by atoms with Gasteiger partial charge < -0.3 is 9.84 Å². The number of hydrogen-bond donors (Lipinski definition) is 2. The summed E-state index contributed by atoms with van der Waals surface area (Å²) in [5.74, 6) is 2.21. The first kappa shape index (κ1) is 18.3. The summed E-state index contributed by atoms with van der Waals surface area (Å²) in [4.78, 5) is 11.9. The number of phenolic OH excluding ortho intramolecular Hbond substituents is 1. The maximum absolute atomic E-state index is 11.9. The zero-order valence-corrected chi connectivity index (χ0v) is 15.4. The molecule has 1 amide bonds. The van der Waals surface area contributed by atoms with Crippen molar-refractivity contribution in [1.82, 2.24) is 5.43 Å². The molecule has 23 heavy (non-hydrogen) atoms. The Morgan fingerprint density at radius 3 is 2.87 bits per heavy atom. The van der Waals surface area contributed by atoms with Crippen LogP contribution >= 0.6 is 35.1 Å². The number of nitrogens with zero attached hydrogens (tertiary/aromatic N) is 1. The number of halogens is 1. The summed E-state index contributed by atoms with van der Waals surface area (Å²) in [5.41, 5.74) is 3.16. The van der Waals surface area contributed by atoms with E-state index >= 15 is 0 Å². The molecular weight excluding hydrogens is 356 g/mol. The van der Waals surface area contributed by atoms with E-state index in [4.69, 9.17) is 16.3 Å². The zero-order chi connectivity index (χ0) is 16.9. The number of ether oxygens (including phenoxy) is 1. The summed E-state index contributed by atoms with van der Waals surface area (Å²) in [5, 5.41) is 13.9. The number of hydrogen-bond acceptors (Lipinski definition) is 6. The molecule has 5 nitrogen and oxygen atoms in total. The van der Waals surface area contributed by atoms with Crippen molar-refractivity contribution < 1.29 is 14.6 Å². The van der Waals surface area contributed by atoms with Crippen LogP contribution in [0.5, 0.6) is 11.5 Å². The molecule has 1 saturated heterocycles. The summed E-state index contributed by atoms with van der Waals surface area (Å²) in [6.45, 7) is 4.30. The molecule has 1 aliphatic rings. The molecule has 1 fully saturated rings. The number of amides is 1. The summed E-state index contributed by atoms with van der Waals surface area (Å²) in [6.07, 6.45) is 1.89. The Labute approximate surface area is 149 Å². The molecule has 126 valence electrons. The van der Waals surface area contributed by atoms with Crippen molar-refractivity contribution in [2.45, 2.75) is 24.3 Å². The summed E-state index contributed by atoms with van der Waals surface area (Å²) >= 11 is 9.55. The first-order chi connectivity index (χ1) is 10.9. The van der Waals surface area contributed by atoms with Crippen LogP contribution in [0.15, 0.2) is 17.2 Å². The van der Waals surface area contributed by atoms with E-state index in [0.717, 1.165) is 11.5 Å². The third kappa shape index (κ3) is 5.22. The molecule has 0 bridgehead atoms. The van der Waals surface area contributed by atoms with Gasteiger partial charge in [-0.25, -0.2) is 5.43 Å². The predicted octanol–water partition coefficient (Wildman–Crippen LogP) is 3.48. The van der Waals surface area contributed by atoms with Crippen molar-refractivity contribution in [1.29, 1.82) is 0 Å². The zero-order valence-electron chi connectivity index (χ0n) is 13.0. The Morgan fingerprint density at radius 2 is 2.22 bits per heavy atom. The normalized spacial score (nSPS) is 16.7. The maximum atomic E-state index is 11.9. The molecule has 0 atom stereocenters. The van der Waals surface area contributed by atoms with Crippen LogP contribution in [0.2, 0.25) is 5.02 Å². The molecule has 8 heteroatoms. The predicted molar refractivity (Wildman–Crippen MR) is 98.0 cm³/mol. The van der Waals surface area contributed by atoms with Gasteiger partial charge in [0.1, 0.15) is 0 Å². The van der Waals surface area contributed by atoms with E-state index in [1.165, 1.54) is 6.21 Å². The highest BCUT2D eigenvalue weighted by Gasteiger charge is 2.32. The Morgan fingerprint density at radius 1 is 1.52 bits per heavy atom. The molecule has 1 aliphatic heterocycles. The van der Waals surface area contributed by atoms with Gasteiger partial charge in [0, 0.05) is 11.5 Å². The summed E-state index contributed by atoms with van der Waals surface area (Å²) < 4.78 is 5.23. The lowest BCUT2D eigenvalue weighted by Gasteiger charge is -2.19. The number of rotatable bonds is 6. The van der Waals surface area contributed by atoms with Crippen molar-refractivity contribution in [2.75, 3.05) is 18.1 Å². The number of phenols is 1. The summed E-state index contributed by atoms with van der Waals surface area (Å²) in [7, 11) is 0. The second-order valence-electron chi connectivity index (χ2n) is 5.08. The number of carbonyl (C=O) groups is 1. The number of aromatic hydroxyl groups is 1. The van der Waals surface area contributed by atoms with Crippen LogP contribution in [-0.2, 0) is 4.79 Å². The Bertz CT molecular complexity index is 605. The molecule has 0 saturated carbocycles. The molecule has 0 aliphatic carbocycles. The number of hydrazone groups is 1. The van der Waals surface area contributed by atoms with Crippen LogP contribution < -0.4 is 10.2 Å². The van der Waals surface area contributed by atoms with E-state index in [1.807, 2.05) is 6.92 Å². The number of benzene rings is 1. The van der Waals surface area contributed by atoms with Gasteiger partial charge in [-0.1, -0.05) is 11.6 Å². The Kier molecular flexibility index (Phi) is 6.50. The van der Waals surface area contributed by atoms with Crippen molar-refractivity contribution >= 4 is 47.2 Å². The SMILES string of the molecule is CCOc1cc(/C=N\NC(=O)CC2(C)SCCS2)cc(Cl)c1O. The minimum Gasteiger partial charge on any atom is -0.503 e. The molecule has 2 N–H and O–H groups in total. The van der Waals surface area contributed by atoms with Gasteiger partial charge in [-0.15, -0.1) is 23.5 Å². The molecule has 1 heterocycles. The van der Waals surface area contributed by atoms with Gasteiger partial charge in [-0.2, -0.15) is 5.10 Å². The van der Waals surface area contributed by atoms with E-state index in [0.29, 0.717) is 24.3 Å². The highest BCUT2D eigenvalue weighted by atomic mass is 35.5. The van der Waals surface area contributed by atoms with E-state index in [2.05, 4.69) is 17.5 Å². The first-order valence-corrected chi connectivity index (χ1v) is 9.53. The molecule has 0 spiro atoms. The molecule has 0 unspecified atom stereocenters. The fourth-order valence-electron chi connectivity index (χ4n) is 2.10. The number of carbonyl (C=O) groups excluding carboxylic acids is 1. The van der Waals surface area contributed by atoms with E-state index in [9.17, 15) is 9.90 Å². The molecule has 1 aromatic rings. The Hall–Kier alpha value is -1.05. The van der Waals surface area contributed by atoms with E-state index in [-0.39, 0.29) is 20.8 Å². The van der Waals surface area contributed by atoms with Gasteiger partial charge in [0.25, 0.3) is 0 Å². The average molecular weight is 375 g/mol. The van der Waals surface area contributed by atoms with Crippen molar-refractivity contribution in [2.24, 2.45) is 5.10 Å². The lowest BCUT2D eigenvalue weighted by Crippen LogP contribution is -2.26. The van der Waals surface area contributed by atoms with Gasteiger partial charge in [0.05, 0.1) is 28.3 Å². The standard InChI is InChI=1S/C15H19ClN2O3S2/c1-3-21-12-7-10(6-11(16)14(12)20)9-17-18-13(19)8-15(2)22-4-5-23-15/h6-7,9,20H,3-5,8H2,1-2H3,(H,18,19)/b17-9-. The second kappa shape index (κ2) is 8.17. The highest BCUT2D eigenvalue weighted by molar-refractivity contribution is 8.21. The van der Waals surface area contributed by atoms with Gasteiger partial charge in [-0.05, 0) is 31.5 Å². The highest BCUT2D eigenvalue weighted by Crippen LogP contribution is 2.45. The van der Waals surface area contributed by atoms with Crippen LogP contribution in [0.25, 0.3) is 0 Å². The second-order valence-corrected chi connectivity index (χ2v) is 8.94. The van der Waals surface area contributed by atoms with E-state index in [1.54, 1.807) is 35.7 Å². The van der Waals surface area contributed by atoms with Gasteiger partial charge >= 0.3 is 0 Å². The van der Waals surface area contributed by atoms with Crippen molar-refractivity contribution in [3.63, 3.8) is 0 Å². The molecule has 0 radical (unpaired) electrons. The number of nitrogens with one attached hydrogen (secondary N) is 1. The van der Waals surface area contributed by atoms with Gasteiger partial charge in [0.2, 0.25) is 5.91 Å². The van der Waals surface area contributed by atoms with Crippen LogP contribution in [-0.4, -0.2) is 39.4 Å². The van der Waals surface area contributed by atoms with Crippen molar-refractivity contribution in [3.8, 4) is 11.5 Å². The van der Waals surface area contributed by atoms with Crippen LogP contribution in [0.3, 0.4) is 0 Å². The lowest BCUT2D eigenvalue weighted by atomic mass is 10.2. The fourth-order valence-corrected chi connectivity index (χ4v) is 5.15. The van der Waals surface area contributed by atoms with Gasteiger partial charge in [0.15, 0.2) is 11.5 Å². The average Bonchev–Trinajstić information content (AvgIpc) is 2.90. The van der Waals surface area contributed by atoms with E-state index < -0.39 is 0 Å². The lowest BCUT2D eigenvalue weighted by molar-refractivity contribution is -0.121. The quantitative estimate of drug-likeness (QED) is 0.589. The number of thioether (sulfide) groups is 2. The molecule has 1 aromatic carbocycles. The van der Waals surface area contributed by atoms with Crippen molar-refractivity contribution in [3.05, 3.63) is 22.7 Å². The summed E-state index contributed by atoms with van der Waals surface area (Å²) in [6, 6.07) is 3.17. The smallest absolute Gasteiger partial charge is 0.242 e. The fraction of sp³-hybridized carbons (Fsp3) is 0.467. The molecule has 0 aromatic heterocycles. The minimum atomic E-state index is -0.124. The largest absolute Gasteiger partial charge is 0.503 e. The monoisotopic (exact) mass is 374 g/mol. The van der Waals surface area contributed by atoms with Crippen LogP contribution in [0.4, 0.5) is 0 Å². The molecule has 2 rings (SSSR count). The molecular formula is C15H19ClN2O3S2. The van der Waals surface area contributed by atoms with Gasteiger partial charge in [-0.3, -0.25) is 4.79 Å².